The fourth-order valence-corrected chi connectivity index (χ4v) is 2.51. The average molecular weight is 270 g/mol. The zero-order valence-corrected chi connectivity index (χ0v) is 11.2. The number of benzene rings is 1. The first kappa shape index (κ1) is 12.9. The van der Waals surface area contributed by atoms with E-state index < -0.39 is 0 Å². The summed E-state index contributed by atoms with van der Waals surface area (Å²) in [4.78, 5) is 12.0. The van der Waals surface area contributed by atoms with Crippen molar-refractivity contribution in [3.8, 4) is 5.69 Å². The molecule has 1 aliphatic rings. The van der Waals surface area contributed by atoms with Crippen LogP contribution in [-0.4, -0.2) is 28.8 Å². The molecule has 104 valence electrons. The Morgan fingerprint density at radius 2 is 2.40 bits per heavy atom. The summed E-state index contributed by atoms with van der Waals surface area (Å²) in [5.41, 5.74) is 1.75. The normalized spacial score (nSPS) is 18.1. The number of anilines is 1. The van der Waals surface area contributed by atoms with E-state index in [1.807, 2.05) is 36.5 Å². The molecular weight excluding hydrogens is 252 g/mol. The van der Waals surface area contributed by atoms with Crippen LogP contribution in [0.25, 0.3) is 5.69 Å². The average Bonchev–Trinajstić information content (AvgIpc) is 3.11. The Labute approximate surface area is 118 Å². The molecule has 1 amide bonds. The second kappa shape index (κ2) is 5.88. The molecule has 1 aliphatic heterocycles. The van der Waals surface area contributed by atoms with E-state index in [0.29, 0.717) is 12.3 Å². The molecule has 0 radical (unpaired) electrons. The standard InChI is InChI=1S/C15H18N4O/c20-15(9-12-5-7-16-11-12)18-13-3-1-4-14(10-13)19-8-2-6-17-19/h1-4,6,8,10,12,16H,5,7,9,11H2,(H,18,20). The maximum absolute atomic E-state index is 12.0. The first-order valence-electron chi connectivity index (χ1n) is 6.92. The minimum atomic E-state index is 0.0799. The van der Waals surface area contributed by atoms with Crippen molar-refractivity contribution >= 4 is 11.6 Å². The van der Waals surface area contributed by atoms with Crippen molar-refractivity contribution in [1.82, 2.24) is 15.1 Å². The molecule has 0 bridgehead atoms. The molecule has 2 heterocycles. The van der Waals surface area contributed by atoms with Gasteiger partial charge in [-0.15, -0.1) is 0 Å². The maximum atomic E-state index is 12.0. The Morgan fingerprint density at radius 1 is 1.45 bits per heavy atom. The van der Waals surface area contributed by atoms with Crippen molar-refractivity contribution in [1.29, 1.82) is 0 Å². The fourth-order valence-electron chi connectivity index (χ4n) is 2.51. The van der Waals surface area contributed by atoms with Gasteiger partial charge in [-0.25, -0.2) is 4.68 Å². The van der Waals surface area contributed by atoms with Crippen molar-refractivity contribution < 1.29 is 4.79 Å². The minimum Gasteiger partial charge on any atom is -0.326 e. The summed E-state index contributed by atoms with van der Waals surface area (Å²) in [7, 11) is 0. The first-order valence-corrected chi connectivity index (χ1v) is 6.92. The van der Waals surface area contributed by atoms with E-state index in [1.54, 1.807) is 10.9 Å². The van der Waals surface area contributed by atoms with Gasteiger partial charge < -0.3 is 10.6 Å². The molecule has 2 N–H and O–H groups in total. The van der Waals surface area contributed by atoms with Gasteiger partial charge in [-0.05, 0) is 49.7 Å². The quantitative estimate of drug-likeness (QED) is 0.891. The summed E-state index contributed by atoms with van der Waals surface area (Å²) in [6.07, 6.45) is 5.28. The van der Waals surface area contributed by atoms with Crippen LogP contribution in [0.15, 0.2) is 42.7 Å². The summed E-state index contributed by atoms with van der Waals surface area (Å²) in [6, 6.07) is 9.58. The van der Waals surface area contributed by atoms with Gasteiger partial charge in [0.1, 0.15) is 0 Å². The highest BCUT2D eigenvalue weighted by atomic mass is 16.1. The lowest BCUT2D eigenvalue weighted by Crippen LogP contribution is -2.18. The molecule has 1 unspecified atom stereocenters. The number of aromatic nitrogens is 2. The molecule has 1 aromatic carbocycles. The molecule has 1 aromatic heterocycles. The van der Waals surface area contributed by atoms with Crippen LogP contribution < -0.4 is 10.6 Å². The van der Waals surface area contributed by atoms with Crippen LogP contribution in [-0.2, 0) is 4.79 Å². The smallest absolute Gasteiger partial charge is 0.224 e. The zero-order chi connectivity index (χ0) is 13.8. The zero-order valence-electron chi connectivity index (χ0n) is 11.2. The minimum absolute atomic E-state index is 0.0799. The molecule has 1 saturated heterocycles. The van der Waals surface area contributed by atoms with Crippen LogP contribution in [0, 0.1) is 5.92 Å². The van der Waals surface area contributed by atoms with Gasteiger partial charge in [0.05, 0.1) is 5.69 Å². The number of carbonyl (C=O) groups is 1. The van der Waals surface area contributed by atoms with Gasteiger partial charge in [0.25, 0.3) is 0 Å². The third kappa shape index (κ3) is 3.05. The molecule has 3 rings (SSSR count). The van der Waals surface area contributed by atoms with Gasteiger partial charge in [-0.3, -0.25) is 4.79 Å². The Kier molecular flexibility index (Phi) is 3.78. The SMILES string of the molecule is O=C(CC1CCNC1)Nc1cccc(-n2cccn2)c1. The molecule has 20 heavy (non-hydrogen) atoms. The lowest BCUT2D eigenvalue weighted by atomic mass is 10.0. The Hall–Kier alpha value is -2.14. The predicted molar refractivity (Wildman–Crippen MR) is 77.8 cm³/mol. The molecule has 1 fully saturated rings. The third-order valence-corrected chi connectivity index (χ3v) is 3.54. The van der Waals surface area contributed by atoms with Crippen LogP contribution in [0.3, 0.4) is 0 Å². The number of amides is 1. The highest BCUT2D eigenvalue weighted by Gasteiger charge is 2.18. The maximum Gasteiger partial charge on any atom is 0.224 e. The molecule has 0 spiro atoms. The van der Waals surface area contributed by atoms with Crippen LogP contribution in [0.2, 0.25) is 0 Å². The van der Waals surface area contributed by atoms with Gasteiger partial charge in [-0.2, -0.15) is 5.10 Å². The highest BCUT2D eigenvalue weighted by Crippen LogP contribution is 2.16. The van der Waals surface area contributed by atoms with Crippen molar-refractivity contribution in [3.63, 3.8) is 0 Å². The van der Waals surface area contributed by atoms with Crippen molar-refractivity contribution in [3.05, 3.63) is 42.7 Å². The van der Waals surface area contributed by atoms with Gasteiger partial charge in [0, 0.05) is 24.5 Å². The highest BCUT2D eigenvalue weighted by molar-refractivity contribution is 5.91. The number of carbonyl (C=O) groups excluding carboxylic acids is 1. The molecule has 5 heteroatoms. The number of nitrogens with one attached hydrogen (secondary N) is 2. The lowest BCUT2D eigenvalue weighted by molar-refractivity contribution is -0.116. The van der Waals surface area contributed by atoms with Gasteiger partial charge in [-0.1, -0.05) is 6.07 Å². The van der Waals surface area contributed by atoms with Gasteiger partial charge in [0.2, 0.25) is 5.91 Å². The van der Waals surface area contributed by atoms with E-state index in [0.717, 1.165) is 30.9 Å². The molecule has 0 aliphatic carbocycles. The van der Waals surface area contributed by atoms with Crippen molar-refractivity contribution in [2.24, 2.45) is 5.92 Å². The Morgan fingerprint density at radius 3 is 3.15 bits per heavy atom. The van der Waals surface area contributed by atoms with Crippen molar-refractivity contribution in [2.45, 2.75) is 12.8 Å². The van der Waals surface area contributed by atoms with E-state index in [-0.39, 0.29) is 5.91 Å². The Balaban J connectivity index is 1.65. The summed E-state index contributed by atoms with van der Waals surface area (Å²) < 4.78 is 1.77. The monoisotopic (exact) mass is 270 g/mol. The number of nitrogens with zero attached hydrogens (tertiary/aromatic N) is 2. The topological polar surface area (TPSA) is 59.0 Å². The molecule has 1 atom stereocenters. The number of hydrogen-bond acceptors (Lipinski definition) is 3. The molecular formula is C15H18N4O. The first-order chi connectivity index (χ1) is 9.81. The van der Waals surface area contributed by atoms with Crippen LogP contribution in [0.1, 0.15) is 12.8 Å². The predicted octanol–water partition coefficient (Wildman–Crippen LogP) is 1.81. The Bertz CT molecular complexity index is 573. The van der Waals surface area contributed by atoms with E-state index >= 15 is 0 Å². The van der Waals surface area contributed by atoms with Crippen molar-refractivity contribution in [2.75, 3.05) is 18.4 Å². The second-order valence-corrected chi connectivity index (χ2v) is 5.11. The summed E-state index contributed by atoms with van der Waals surface area (Å²) >= 11 is 0. The fraction of sp³-hybridized carbons (Fsp3) is 0.333. The van der Waals surface area contributed by atoms with E-state index in [4.69, 9.17) is 0 Å². The van der Waals surface area contributed by atoms with E-state index in [2.05, 4.69) is 15.7 Å². The number of hydrogen-bond donors (Lipinski definition) is 2. The van der Waals surface area contributed by atoms with Gasteiger partial charge >= 0.3 is 0 Å². The van der Waals surface area contributed by atoms with Crippen LogP contribution in [0.5, 0.6) is 0 Å². The molecule has 2 aromatic rings. The lowest BCUT2D eigenvalue weighted by Gasteiger charge is -2.10. The van der Waals surface area contributed by atoms with E-state index in [1.165, 1.54) is 0 Å². The summed E-state index contributed by atoms with van der Waals surface area (Å²) in [5, 5.41) is 10.4. The third-order valence-electron chi connectivity index (χ3n) is 3.54. The summed E-state index contributed by atoms with van der Waals surface area (Å²) in [5.74, 6) is 0.542. The van der Waals surface area contributed by atoms with Crippen LogP contribution >= 0.6 is 0 Å². The number of rotatable bonds is 4. The van der Waals surface area contributed by atoms with E-state index in [9.17, 15) is 4.79 Å². The van der Waals surface area contributed by atoms with Crippen LogP contribution in [0.4, 0.5) is 5.69 Å². The second-order valence-electron chi connectivity index (χ2n) is 5.11. The summed E-state index contributed by atoms with van der Waals surface area (Å²) in [6.45, 7) is 1.97. The molecule has 5 nitrogen and oxygen atoms in total. The molecule has 0 saturated carbocycles. The van der Waals surface area contributed by atoms with Gasteiger partial charge in [0.15, 0.2) is 0 Å². The largest absolute Gasteiger partial charge is 0.326 e.